The Bertz CT molecular complexity index is 4740. The number of pyridine rings is 1. The Morgan fingerprint density at radius 2 is 1.02 bits per heavy atom. The number of hydrogen-bond donors (Lipinski definition) is 2. The van der Waals surface area contributed by atoms with E-state index in [9.17, 15) is 0 Å². The molecule has 0 saturated carbocycles. The van der Waals surface area contributed by atoms with Crippen molar-refractivity contribution in [3.05, 3.63) is 330 Å². The van der Waals surface area contributed by atoms with Gasteiger partial charge in [0.25, 0.3) is 0 Å². The number of nitrogens with zero attached hydrogens (tertiary/aromatic N) is 4. The molecule has 0 aliphatic carbocycles. The fraction of sp³-hybridized carbons (Fsp3) is 0.205. The van der Waals surface area contributed by atoms with Crippen LogP contribution in [-0.2, 0) is 48.1 Å². The average Bonchev–Trinajstić information content (AvgIpc) is 1.25. The normalized spacial score (nSPS) is 17.4. The zero-order valence-electron chi connectivity index (χ0n) is 58.6. The summed E-state index contributed by atoms with van der Waals surface area (Å²) in [5.74, 6) is 6.09. The fourth-order valence-electron chi connectivity index (χ4n) is 13.5. The molecule has 0 unspecified atom stereocenters. The van der Waals surface area contributed by atoms with E-state index in [0.717, 1.165) is 83.6 Å². The number of benzene rings is 8. The Morgan fingerprint density at radius 1 is 0.459 bits per heavy atom. The molecule has 8 aromatic carbocycles. The number of ether oxygens (including phenoxy) is 1. The van der Waals surface area contributed by atoms with Crippen molar-refractivity contribution in [3.8, 4) is 28.4 Å². The minimum Gasteiger partial charge on any atom is -0.509 e. The van der Waals surface area contributed by atoms with Crippen LogP contribution in [0.3, 0.4) is 0 Å². The van der Waals surface area contributed by atoms with Crippen LogP contribution < -0.4 is 25.2 Å². The van der Waals surface area contributed by atoms with E-state index in [1.807, 2.05) is 55.3 Å². The van der Waals surface area contributed by atoms with Gasteiger partial charge >= 0.3 is 0 Å². The number of nitrogens with one attached hydrogen (secondary N) is 2. The van der Waals surface area contributed by atoms with Crippen LogP contribution in [0.1, 0.15) is 140 Å². The van der Waals surface area contributed by atoms with Crippen LogP contribution >= 0.6 is 0 Å². The van der Waals surface area contributed by atoms with Gasteiger partial charge in [0.05, 0.1) is 0 Å². The Labute approximate surface area is 597 Å². The second-order valence-corrected chi connectivity index (χ2v) is 29.7. The van der Waals surface area contributed by atoms with Gasteiger partial charge in [0.2, 0.25) is 0 Å². The van der Waals surface area contributed by atoms with E-state index in [2.05, 4.69) is 354 Å². The van der Waals surface area contributed by atoms with Crippen molar-refractivity contribution in [1.29, 1.82) is 0 Å². The van der Waals surface area contributed by atoms with Gasteiger partial charge in [-0.2, -0.15) is 6.07 Å². The van der Waals surface area contributed by atoms with E-state index >= 15 is 0 Å². The number of rotatable bonds is 11. The maximum absolute atomic E-state index is 7.45. The summed E-state index contributed by atoms with van der Waals surface area (Å²) in [5.41, 5.74) is 19.5. The van der Waals surface area contributed by atoms with E-state index in [1.54, 1.807) is 0 Å². The molecule has 7 nitrogen and oxygen atoms in total. The molecule has 13 rings (SSSR count). The summed E-state index contributed by atoms with van der Waals surface area (Å²) in [5, 5.41) is 8.73. The first-order valence-corrected chi connectivity index (χ1v) is 33.8. The van der Waals surface area contributed by atoms with E-state index in [4.69, 9.17) is 9.72 Å². The topological polar surface area (TPSA) is 57.6 Å². The molecule has 10 aromatic rings. The van der Waals surface area contributed by atoms with Crippen molar-refractivity contribution in [2.45, 2.75) is 117 Å². The predicted molar refractivity (Wildman–Crippen MR) is 411 cm³/mol. The van der Waals surface area contributed by atoms with Crippen molar-refractivity contribution in [3.63, 3.8) is 0 Å². The minimum absolute atomic E-state index is 0. The first kappa shape index (κ1) is 68.4. The number of allylic oxidation sites excluding steroid dienone is 8. The molecular weight excluding hydrogens is 1370 g/mol. The van der Waals surface area contributed by atoms with Gasteiger partial charge < -0.3 is 29.7 Å². The molecule has 492 valence electrons. The van der Waals surface area contributed by atoms with Crippen molar-refractivity contribution in [2.24, 2.45) is 0 Å². The second-order valence-electron chi connectivity index (χ2n) is 29.7. The van der Waals surface area contributed by atoms with Crippen LogP contribution in [-0.4, -0.2) is 24.1 Å². The molecule has 0 fully saturated rings. The average molecular weight is 1460 g/mol. The Balaban J connectivity index is 0.00000914. The quantitative estimate of drug-likeness (QED) is 0.0994. The van der Waals surface area contributed by atoms with Crippen LogP contribution in [0.5, 0.6) is 11.5 Å². The summed E-state index contributed by atoms with van der Waals surface area (Å²) in [4.78, 5) is 9.88. The SMILES string of the molecule is CC(C)(C)c1cc(C(C)(C)C)c(-c2cc(Oc3[c-]c4c(cc3)c3cc(C(C)(C)C)ccc3n4-c3cc(C(C)(c4ccccc4)c4ccccc4)ccn3)[c-]c(N3[CH-]N(c4c(/C5=C/C=C\N/C=C\C=C/[B]5)cccc4/C4=C/C=C\N/C=C\C=C/[B]4)c4ccccc43)c2)c(C(C)(C)C)c1.[Pt]. The van der Waals surface area contributed by atoms with Gasteiger partial charge in [0.15, 0.2) is 14.6 Å². The monoisotopic (exact) mass is 1460 g/mol. The number of para-hydroxylation sites is 3. The molecule has 98 heavy (non-hydrogen) atoms. The Hall–Kier alpha value is -9.55. The number of fused-ring (bicyclic) bond motifs is 4. The van der Waals surface area contributed by atoms with E-state index in [0.29, 0.717) is 11.5 Å². The molecule has 2 N–H and O–H groups in total. The van der Waals surface area contributed by atoms with Crippen LogP contribution in [0, 0.1) is 18.8 Å². The molecule has 0 bridgehead atoms. The molecule has 3 aliphatic rings. The largest absolute Gasteiger partial charge is 0.509 e. The molecule has 0 spiro atoms. The third-order valence-electron chi connectivity index (χ3n) is 18.8. The summed E-state index contributed by atoms with van der Waals surface area (Å²) in [6.45, 7) is 32.4. The first-order chi connectivity index (χ1) is 46.5. The summed E-state index contributed by atoms with van der Waals surface area (Å²) in [7, 11) is 4.37. The molecule has 0 atom stereocenters. The summed E-state index contributed by atoms with van der Waals surface area (Å²) in [6.07, 6.45) is 26.3. The van der Waals surface area contributed by atoms with Gasteiger partial charge in [-0.1, -0.05) is 239 Å². The smallest absolute Gasteiger partial charge is 0.182 e. The zero-order chi connectivity index (χ0) is 67.9. The number of aromatic nitrogens is 2. The van der Waals surface area contributed by atoms with Crippen molar-refractivity contribution in [1.82, 2.24) is 20.2 Å². The van der Waals surface area contributed by atoms with Gasteiger partial charge in [0, 0.05) is 91.6 Å². The van der Waals surface area contributed by atoms with E-state index in [-0.39, 0.29) is 42.7 Å². The molecule has 0 saturated heterocycles. The zero-order valence-corrected chi connectivity index (χ0v) is 60.8. The first-order valence-electron chi connectivity index (χ1n) is 33.8. The maximum atomic E-state index is 7.45. The van der Waals surface area contributed by atoms with E-state index in [1.165, 1.54) is 38.9 Å². The van der Waals surface area contributed by atoms with Gasteiger partial charge in [-0.05, 0) is 144 Å². The maximum Gasteiger partial charge on any atom is 0.182 e. The standard InChI is InChI=1S/C88H85B2N6O.Pt/c1-84(2,3)63-39-42-77-72(53-63)69-41-40-67(58-80(69)96(77)81-56-64(43-50-93-81)88(13,61-29-16-14-17-30-61)62-31-18-15-19-32-62)97-68-52-60(82-73(86(7,8)9)54-65(85(4,5)6)55-74(82)87(10,11)12)51-66(57-68)94-59-95(79-38-21-20-37-78(79)94)83-70(75-35-27-48-91-46-24-22-44-89-75)33-26-34-71(83)76-36-28-49-92-47-25-23-45-90-76;/h14-56,59,91-92H,1-13H3;/q-3;/b44-22-,45-23-,46-24-,47-25-,48-27-,49-28-,75-35-,76-36-;. The summed E-state index contributed by atoms with van der Waals surface area (Å²) in [6, 6.07) is 69.8. The molecular formula is C88H85B2N6OPt-3. The molecule has 10 heteroatoms. The molecule has 2 aromatic heterocycles. The third-order valence-corrected chi connectivity index (χ3v) is 18.8. The van der Waals surface area contributed by atoms with Crippen molar-refractivity contribution in [2.75, 3.05) is 9.80 Å². The molecule has 0 amide bonds. The molecule has 2 radical (unpaired) electrons. The van der Waals surface area contributed by atoms with Crippen LogP contribution in [0.2, 0.25) is 0 Å². The predicted octanol–water partition coefficient (Wildman–Crippen LogP) is 21.6. The Kier molecular flexibility index (Phi) is 19.4. The number of anilines is 4. The summed E-state index contributed by atoms with van der Waals surface area (Å²) >= 11 is 0. The van der Waals surface area contributed by atoms with Gasteiger partial charge in [-0.3, -0.25) is 0 Å². The summed E-state index contributed by atoms with van der Waals surface area (Å²) < 4.78 is 9.72. The minimum atomic E-state index is -0.499. The van der Waals surface area contributed by atoms with Crippen molar-refractivity contribution >= 4 is 70.1 Å². The molecule has 3 aliphatic heterocycles. The van der Waals surface area contributed by atoms with Gasteiger partial charge in [0.1, 0.15) is 5.82 Å². The third kappa shape index (κ3) is 13.9. The van der Waals surface area contributed by atoms with Crippen LogP contribution in [0.4, 0.5) is 22.7 Å². The van der Waals surface area contributed by atoms with Crippen LogP contribution in [0.25, 0.3) is 49.7 Å². The van der Waals surface area contributed by atoms with Gasteiger partial charge in [-0.25, -0.2) is 4.98 Å². The van der Waals surface area contributed by atoms with Crippen LogP contribution in [0.15, 0.2) is 261 Å². The van der Waals surface area contributed by atoms with E-state index < -0.39 is 5.41 Å². The van der Waals surface area contributed by atoms with Crippen molar-refractivity contribution < 1.29 is 25.8 Å². The fourth-order valence-corrected chi connectivity index (χ4v) is 13.5. The molecule has 5 heterocycles. The second kappa shape index (κ2) is 27.8. The number of hydrogen-bond acceptors (Lipinski definition) is 6. The Morgan fingerprint density at radius 3 is 1.59 bits per heavy atom. The van der Waals surface area contributed by atoms with Gasteiger partial charge in [-0.15, -0.1) is 65.6 Å².